The van der Waals surface area contributed by atoms with Crippen LogP contribution in [0.5, 0.6) is 0 Å². The Labute approximate surface area is 207 Å². The van der Waals surface area contributed by atoms with Crippen molar-refractivity contribution in [2.75, 3.05) is 0 Å². The van der Waals surface area contributed by atoms with Crippen LogP contribution >= 0.6 is 0 Å². The Morgan fingerprint density at radius 1 is 1.14 bits per heavy atom. The van der Waals surface area contributed by atoms with E-state index in [4.69, 9.17) is 0 Å². The lowest BCUT2D eigenvalue weighted by Crippen LogP contribution is -2.51. The fourth-order valence-electron chi connectivity index (χ4n) is 7.57. The second-order valence-corrected chi connectivity index (χ2v) is 11.6. The minimum absolute atomic E-state index is 0.124. The molecule has 35 heavy (non-hydrogen) atoms. The van der Waals surface area contributed by atoms with Gasteiger partial charge in [-0.15, -0.1) is 0 Å². The summed E-state index contributed by atoms with van der Waals surface area (Å²) in [5.41, 5.74) is 2.35. The molecule has 5 rings (SSSR count). The third-order valence-electron chi connectivity index (χ3n) is 9.35. The molecule has 0 bridgehead atoms. The zero-order chi connectivity index (χ0) is 25.1. The first-order valence-electron chi connectivity index (χ1n) is 13.3. The van der Waals surface area contributed by atoms with Gasteiger partial charge in [0, 0.05) is 29.2 Å². The van der Waals surface area contributed by atoms with Crippen LogP contribution in [0, 0.1) is 46.6 Å². The van der Waals surface area contributed by atoms with Crippen LogP contribution in [0.4, 0.5) is 8.78 Å². The van der Waals surface area contributed by atoms with Crippen molar-refractivity contribution >= 4 is 5.78 Å². The van der Waals surface area contributed by atoms with Gasteiger partial charge in [-0.3, -0.25) is 4.79 Å². The highest BCUT2D eigenvalue weighted by atomic mass is 19.1. The third kappa shape index (κ3) is 3.82. The molecule has 4 aliphatic carbocycles. The fourth-order valence-corrected chi connectivity index (χ4v) is 7.57. The van der Waals surface area contributed by atoms with Crippen LogP contribution < -0.4 is 0 Å². The Morgan fingerprint density at radius 2 is 1.86 bits per heavy atom. The van der Waals surface area contributed by atoms with Crippen LogP contribution in [0.2, 0.25) is 0 Å². The zero-order valence-corrected chi connectivity index (χ0v) is 21.3. The molecule has 4 heteroatoms. The summed E-state index contributed by atoms with van der Waals surface area (Å²) in [4.78, 5) is 12.2. The highest BCUT2D eigenvalue weighted by Crippen LogP contribution is 2.67. The lowest BCUT2D eigenvalue weighted by molar-refractivity contribution is -0.114. The summed E-state index contributed by atoms with van der Waals surface area (Å²) in [5.74, 6) is 5.56. The van der Waals surface area contributed by atoms with Crippen molar-refractivity contribution in [2.45, 2.75) is 90.6 Å². The summed E-state index contributed by atoms with van der Waals surface area (Å²) < 4.78 is 31.2. The molecule has 1 aromatic rings. The molecule has 0 radical (unpaired) electrons. The maximum absolute atomic E-state index is 15.6. The van der Waals surface area contributed by atoms with Crippen LogP contribution in [-0.4, -0.2) is 16.5 Å². The average molecular weight is 479 g/mol. The Balaban J connectivity index is 1.72. The summed E-state index contributed by atoms with van der Waals surface area (Å²) >= 11 is 0. The molecular formula is C31H36F2O2. The lowest BCUT2D eigenvalue weighted by Gasteiger charge is -2.53. The molecule has 0 spiro atoms. The number of carbonyl (C=O) groups excluding carboxylic acids is 1. The van der Waals surface area contributed by atoms with Crippen molar-refractivity contribution in [3.63, 3.8) is 0 Å². The second-order valence-electron chi connectivity index (χ2n) is 11.6. The van der Waals surface area contributed by atoms with E-state index in [0.29, 0.717) is 37.7 Å². The quantitative estimate of drug-likeness (QED) is 0.474. The van der Waals surface area contributed by atoms with Gasteiger partial charge in [-0.1, -0.05) is 45.1 Å². The molecular weight excluding hydrogens is 442 g/mol. The minimum Gasteiger partial charge on any atom is -0.377 e. The van der Waals surface area contributed by atoms with Gasteiger partial charge in [0.2, 0.25) is 0 Å². The topological polar surface area (TPSA) is 37.3 Å². The van der Waals surface area contributed by atoms with E-state index in [1.54, 1.807) is 6.08 Å². The van der Waals surface area contributed by atoms with Crippen molar-refractivity contribution in [3.8, 4) is 11.8 Å². The molecule has 2 nitrogen and oxygen atoms in total. The number of fused-ring (bicyclic) bond motifs is 4. The molecule has 5 atom stereocenters. The van der Waals surface area contributed by atoms with E-state index < -0.39 is 28.6 Å². The Hall–Kier alpha value is -2.25. The van der Waals surface area contributed by atoms with Gasteiger partial charge in [0.1, 0.15) is 17.2 Å². The van der Waals surface area contributed by atoms with Gasteiger partial charge < -0.3 is 5.11 Å². The van der Waals surface area contributed by atoms with Crippen molar-refractivity contribution < 1.29 is 18.7 Å². The van der Waals surface area contributed by atoms with Crippen LogP contribution in [0.1, 0.15) is 89.7 Å². The number of aryl methyl sites for hydroxylation is 1. The molecule has 0 saturated heterocycles. The number of hydrogen-bond donors (Lipinski definition) is 1. The number of ketones is 1. The number of aliphatic hydroxyl groups is 1. The average Bonchev–Trinajstić information content (AvgIpc) is 3.07. The molecule has 0 aromatic heterocycles. The predicted octanol–water partition coefficient (Wildman–Crippen LogP) is 6.82. The summed E-state index contributed by atoms with van der Waals surface area (Å²) in [6, 6.07) is 2.94. The van der Waals surface area contributed by atoms with E-state index in [9.17, 15) is 9.90 Å². The first-order valence-corrected chi connectivity index (χ1v) is 13.3. The van der Waals surface area contributed by atoms with Gasteiger partial charge in [-0.05, 0) is 91.7 Å². The molecule has 2 saturated carbocycles. The van der Waals surface area contributed by atoms with Crippen LogP contribution in [-0.2, 0) is 11.2 Å². The number of rotatable bonds is 2. The number of allylic oxidation sites excluding steroid dienone is 4. The number of benzene rings is 1. The smallest absolute Gasteiger partial charge is 0.156 e. The van der Waals surface area contributed by atoms with Crippen LogP contribution in [0.25, 0.3) is 0 Å². The van der Waals surface area contributed by atoms with Gasteiger partial charge >= 0.3 is 0 Å². The minimum atomic E-state index is -1.18. The van der Waals surface area contributed by atoms with Crippen molar-refractivity contribution in [1.29, 1.82) is 0 Å². The highest BCUT2D eigenvalue weighted by Gasteiger charge is 2.63. The fraction of sp³-hybridized carbons (Fsp3) is 0.581. The second kappa shape index (κ2) is 8.70. The maximum atomic E-state index is 15.6. The molecule has 4 aliphatic rings. The largest absolute Gasteiger partial charge is 0.377 e. The standard InChI is InChI=1S/C31H36F2O2/c1-5-19-14-26(32)29(27(33)15-19)24-17-30(4)25(11-13-31(30,35)12-10-18(2)3)23-8-6-20-16-21(34)7-9-22(20)28(23)24/h14-16,18,23-25,35H,5-9,11,13,17H2,1-4H3/t23-,24-,25-,30-,31-/m0/s1. The van der Waals surface area contributed by atoms with E-state index in [2.05, 4.69) is 18.8 Å². The molecule has 0 heterocycles. The Kier molecular flexibility index (Phi) is 6.07. The molecule has 0 amide bonds. The molecule has 2 fully saturated rings. The molecule has 1 N–H and O–H groups in total. The zero-order valence-electron chi connectivity index (χ0n) is 21.3. The van der Waals surface area contributed by atoms with Gasteiger partial charge in [0.05, 0.1) is 0 Å². The molecule has 186 valence electrons. The molecule has 0 unspecified atom stereocenters. The van der Waals surface area contributed by atoms with Gasteiger partial charge in [0.15, 0.2) is 5.78 Å². The molecule has 1 aromatic carbocycles. The van der Waals surface area contributed by atoms with E-state index in [0.717, 1.165) is 36.0 Å². The van der Waals surface area contributed by atoms with E-state index in [1.807, 2.05) is 20.8 Å². The SMILES string of the molecule is CCc1cc(F)c([C@H]2C[C@@]3(C)[C@@H](CC[C@@]3(O)C#CC(C)C)[C@@H]3CCC4=CC(=O)CCC4=C32)c(F)c1. The monoisotopic (exact) mass is 478 g/mol. The maximum Gasteiger partial charge on any atom is 0.156 e. The summed E-state index contributed by atoms with van der Waals surface area (Å²) in [6.07, 6.45) is 6.97. The number of carbonyl (C=O) groups is 1. The predicted molar refractivity (Wildman–Crippen MR) is 134 cm³/mol. The Bertz CT molecular complexity index is 1170. The van der Waals surface area contributed by atoms with Crippen molar-refractivity contribution in [1.82, 2.24) is 0 Å². The third-order valence-corrected chi connectivity index (χ3v) is 9.35. The van der Waals surface area contributed by atoms with E-state index in [1.165, 1.54) is 12.1 Å². The summed E-state index contributed by atoms with van der Waals surface area (Å²) in [7, 11) is 0. The summed E-state index contributed by atoms with van der Waals surface area (Å²) in [5, 5.41) is 11.9. The van der Waals surface area contributed by atoms with Crippen molar-refractivity contribution in [3.05, 3.63) is 57.7 Å². The lowest BCUT2D eigenvalue weighted by atomic mass is 9.51. The first kappa shape index (κ1) is 24.4. The first-order chi connectivity index (χ1) is 16.6. The van der Waals surface area contributed by atoms with Crippen LogP contribution in [0.15, 0.2) is 34.9 Å². The van der Waals surface area contributed by atoms with E-state index >= 15 is 8.78 Å². The van der Waals surface area contributed by atoms with E-state index in [-0.39, 0.29) is 29.1 Å². The van der Waals surface area contributed by atoms with Crippen molar-refractivity contribution in [2.24, 2.45) is 23.2 Å². The number of hydrogen-bond acceptors (Lipinski definition) is 2. The number of halogens is 2. The Morgan fingerprint density at radius 3 is 2.51 bits per heavy atom. The molecule has 0 aliphatic heterocycles. The summed E-state index contributed by atoms with van der Waals surface area (Å²) in [6.45, 7) is 8.01. The highest BCUT2D eigenvalue weighted by molar-refractivity contribution is 5.93. The van der Waals surface area contributed by atoms with Crippen LogP contribution in [0.3, 0.4) is 0 Å². The normalized spacial score (nSPS) is 34.1. The van der Waals surface area contributed by atoms with Gasteiger partial charge in [0.25, 0.3) is 0 Å². The van der Waals surface area contributed by atoms with Gasteiger partial charge in [-0.25, -0.2) is 8.78 Å². The van der Waals surface area contributed by atoms with Gasteiger partial charge in [-0.2, -0.15) is 0 Å².